The van der Waals surface area contributed by atoms with E-state index >= 15 is 0 Å². The van der Waals surface area contributed by atoms with Crippen LogP contribution in [0.4, 0.5) is 0 Å². The fourth-order valence-electron chi connectivity index (χ4n) is 0.739. The SMILES string of the molecule is C=Cc1nccnc1/C=N\C. The Labute approximate surface area is 65.5 Å². The van der Waals surface area contributed by atoms with E-state index in [2.05, 4.69) is 21.5 Å². The molecule has 0 fully saturated rings. The van der Waals surface area contributed by atoms with Crippen molar-refractivity contribution < 1.29 is 0 Å². The molecule has 0 aliphatic carbocycles. The maximum atomic E-state index is 4.06. The maximum Gasteiger partial charge on any atom is 0.106 e. The van der Waals surface area contributed by atoms with E-state index in [0.29, 0.717) is 0 Å². The first kappa shape index (κ1) is 7.60. The van der Waals surface area contributed by atoms with E-state index in [9.17, 15) is 0 Å². The molecule has 0 aliphatic heterocycles. The summed E-state index contributed by atoms with van der Waals surface area (Å²) in [5.41, 5.74) is 1.52. The summed E-state index contributed by atoms with van der Waals surface area (Å²) >= 11 is 0. The monoisotopic (exact) mass is 147 g/mol. The molecule has 0 N–H and O–H groups in total. The van der Waals surface area contributed by atoms with Gasteiger partial charge in [-0.15, -0.1) is 0 Å². The van der Waals surface area contributed by atoms with Gasteiger partial charge in [-0.3, -0.25) is 15.0 Å². The molecule has 1 heterocycles. The first-order valence-electron chi connectivity index (χ1n) is 3.24. The minimum Gasteiger partial charge on any atom is -0.294 e. The van der Waals surface area contributed by atoms with Gasteiger partial charge in [0.05, 0.1) is 5.69 Å². The Hall–Kier alpha value is -1.51. The van der Waals surface area contributed by atoms with E-state index < -0.39 is 0 Å². The van der Waals surface area contributed by atoms with Gasteiger partial charge in [-0.25, -0.2) is 0 Å². The molecule has 0 atom stereocenters. The Morgan fingerprint density at radius 1 is 1.36 bits per heavy atom. The number of aromatic nitrogens is 2. The van der Waals surface area contributed by atoms with Crippen molar-refractivity contribution in [2.24, 2.45) is 4.99 Å². The highest BCUT2D eigenvalue weighted by Gasteiger charge is 1.95. The van der Waals surface area contributed by atoms with Crippen LogP contribution in [0, 0.1) is 0 Å². The lowest BCUT2D eigenvalue weighted by Gasteiger charge is -1.94. The number of rotatable bonds is 2. The molecule has 0 unspecified atom stereocenters. The lowest BCUT2D eigenvalue weighted by atomic mass is 10.3. The first-order chi connectivity index (χ1) is 5.38. The molecule has 11 heavy (non-hydrogen) atoms. The summed E-state index contributed by atoms with van der Waals surface area (Å²) in [5.74, 6) is 0. The van der Waals surface area contributed by atoms with Crippen LogP contribution in [-0.4, -0.2) is 23.2 Å². The molecule has 0 saturated carbocycles. The second kappa shape index (κ2) is 3.61. The molecule has 1 rings (SSSR count). The summed E-state index contributed by atoms with van der Waals surface area (Å²) in [6, 6.07) is 0. The summed E-state index contributed by atoms with van der Waals surface area (Å²) in [5, 5.41) is 0. The van der Waals surface area contributed by atoms with E-state index in [-0.39, 0.29) is 0 Å². The second-order valence-electron chi connectivity index (χ2n) is 1.92. The van der Waals surface area contributed by atoms with Gasteiger partial charge in [0.2, 0.25) is 0 Å². The Morgan fingerprint density at radius 2 is 2.00 bits per heavy atom. The van der Waals surface area contributed by atoms with E-state index in [4.69, 9.17) is 0 Å². The molecule has 0 radical (unpaired) electrons. The van der Waals surface area contributed by atoms with Crippen LogP contribution in [0.1, 0.15) is 11.4 Å². The van der Waals surface area contributed by atoms with Crippen LogP contribution in [0.15, 0.2) is 24.0 Å². The molecule has 3 nitrogen and oxygen atoms in total. The lowest BCUT2D eigenvalue weighted by molar-refractivity contribution is 1.16. The minimum atomic E-state index is 0.755. The van der Waals surface area contributed by atoms with Crippen LogP contribution < -0.4 is 0 Å². The molecule has 0 aromatic carbocycles. The average Bonchev–Trinajstić information content (AvgIpc) is 2.06. The zero-order valence-electron chi connectivity index (χ0n) is 6.36. The molecule has 56 valence electrons. The van der Waals surface area contributed by atoms with Crippen molar-refractivity contribution in [2.75, 3.05) is 7.05 Å². The zero-order chi connectivity index (χ0) is 8.10. The molecular formula is C8H9N3. The average molecular weight is 147 g/mol. The molecule has 0 aliphatic rings. The van der Waals surface area contributed by atoms with Crippen LogP contribution >= 0.6 is 0 Å². The van der Waals surface area contributed by atoms with Crippen LogP contribution in [0.5, 0.6) is 0 Å². The molecule has 0 bridgehead atoms. The van der Waals surface area contributed by atoms with Gasteiger partial charge in [-0.2, -0.15) is 0 Å². The summed E-state index contributed by atoms with van der Waals surface area (Å²) in [7, 11) is 1.70. The van der Waals surface area contributed by atoms with Gasteiger partial charge in [0, 0.05) is 25.7 Å². The van der Waals surface area contributed by atoms with E-state index in [1.54, 1.807) is 31.7 Å². The van der Waals surface area contributed by atoms with Crippen molar-refractivity contribution in [3.63, 3.8) is 0 Å². The Balaban J connectivity index is 3.11. The van der Waals surface area contributed by atoms with E-state index in [1.165, 1.54) is 0 Å². The lowest BCUT2D eigenvalue weighted by Crippen LogP contribution is -1.93. The first-order valence-corrected chi connectivity index (χ1v) is 3.24. The standard InChI is InChI=1S/C8H9N3/c1-3-7-8(6-9-2)11-5-4-10-7/h3-6H,1H2,2H3/b9-6-. The largest absolute Gasteiger partial charge is 0.294 e. The maximum absolute atomic E-state index is 4.06. The van der Waals surface area contributed by atoms with Crippen molar-refractivity contribution in [3.05, 3.63) is 30.4 Å². The van der Waals surface area contributed by atoms with Crippen LogP contribution in [0.25, 0.3) is 6.08 Å². The molecule has 3 heteroatoms. The second-order valence-corrected chi connectivity index (χ2v) is 1.92. The zero-order valence-corrected chi connectivity index (χ0v) is 6.36. The van der Waals surface area contributed by atoms with Gasteiger partial charge in [0.15, 0.2) is 0 Å². The Kier molecular flexibility index (Phi) is 2.49. The molecule has 0 saturated heterocycles. The highest BCUT2D eigenvalue weighted by Crippen LogP contribution is 1.98. The summed E-state index contributed by atoms with van der Waals surface area (Å²) < 4.78 is 0. The predicted octanol–water partition coefficient (Wildman–Crippen LogP) is 1.17. The molecule has 1 aromatic rings. The summed E-state index contributed by atoms with van der Waals surface area (Å²) in [4.78, 5) is 11.9. The highest BCUT2D eigenvalue weighted by molar-refractivity contribution is 5.81. The van der Waals surface area contributed by atoms with Gasteiger partial charge in [0.1, 0.15) is 5.69 Å². The van der Waals surface area contributed by atoms with Crippen molar-refractivity contribution in [3.8, 4) is 0 Å². The third-order valence-corrected chi connectivity index (χ3v) is 1.20. The van der Waals surface area contributed by atoms with Crippen molar-refractivity contribution in [2.45, 2.75) is 0 Å². The smallest absolute Gasteiger partial charge is 0.106 e. The third-order valence-electron chi connectivity index (χ3n) is 1.20. The normalized spacial score (nSPS) is 10.3. The predicted molar refractivity (Wildman–Crippen MR) is 45.6 cm³/mol. The minimum absolute atomic E-state index is 0.755. The summed E-state index contributed by atoms with van der Waals surface area (Å²) in [6.45, 7) is 3.61. The van der Waals surface area contributed by atoms with Gasteiger partial charge < -0.3 is 0 Å². The quantitative estimate of drug-likeness (QED) is 0.589. The Morgan fingerprint density at radius 3 is 2.55 bits per heavy atom. The number of hydrogen-bond acceptors (Lipinski definition) is 3. The topological polar surface area (TPSA) is 38.1 Å². The van der Waals surface area contributed by atoms with E-state index in [0.717, 1.165) is 11.4 Å². The van der Waals surface area contributed by atoms with Crippen molar-refractivity contribution >= 4 is 12.3 Å². The molecule has 0 spiro atoms. The van der Waals surface area contributed by atoms with Crippen molar-refractivity contribution in [1.29, 1.82) is 0 Å². The van der Waals surface area contributed by atoms with Gasteiger partial charge >= 0.3 is 0 Å². The summed E-state index contributed by atoms with van der Waals surface area (Å²) in [6.07, 6.45) is 6.57. The molecule has 0 amide bonds. The van der Waals surface area contributed by atoms with Crippen molar-refractivity contribution in [1.82, 2.24) is 9.97 Å². The van der Waals surface area contributed by atoms with Crippen LogP contribution in [-0.2, 0) is 0 Å². The van der Waals surface area contributed by atoms with Gasteiger partial charge in [-0.1, -0.05) is 6.58 Å². The highest BCUT2D eigenvalue weighted by atomic mass is 14.8. The fourth-order valence-corrected chi connectivity index (χ4v) is 0.739. The number of hydrogen-bond donors (Lipinski definition) is 0. The fraction of sp³-hybridized carbons (Fsp3) is 0.125. The number of nitrogens with zero attached hydrogens (tertiary/aromatic N) is 3. The Bertz CT molecular complexity index is 278. The third kappa shape index (κ3) is 1.70. The molecule has 1 aromatic heterocycles. The number of aliphatic imine (C=N–C) groups is 1. The van der Waals surface area contributed by atoms with Crippen LogP contribution in [0.2, 0.25) is 0 Å². The van der Waals surface area contributed by atoms with Crippen LogP contribution in [0.3, 0.4) is 0 Å². The van der Waals surface area contributed by atoms with Gasteiger partial charge in [-0.05, 0) is 6.08 Å². The van der Waals surface area contributed by atoms with Gasteiger partial charge in [0.25, 0.3) is 0 Å². The van der Waals surface area contributed by atoms with E-state index in [1.807, 2.05) is 0 Å². The molecular weight excluding hydrogens is 138 g/mol.